The third-order valence-corrected chi connectivity index (χ3v) is 4.63. The maximum atomic E-state index is 12.3. The first-order valence-electron chi connectivity index (χ1n) is 10.5. The number of methoxy groups -OCH3 is 1. The Balaban J connectivity index is 1.57. The molecule has 168 valence electrons. The number of nitrogens with zero attached hydrogens (tertiary/aromatic N) is 2. The van der Waals surface area contributed by atoms with Crippen molar-refractivity contribution in [1.82, 2.24) is 5.43 Å². The van der Waals surface area contributed by atoms with Gasteiger partial charge in [0.25, 0.3) is 5.91 Å². The molecule has 1 amide bonds. The molecule has 3 aromatic carbocycles. The van der Waals surface area contributed by atoms with Crippen LogP contribution in [0.15, 0.2) is 71.8 Å². The number of nitriles is 1. The summed E-state index contributed by atoms with van der Waals surface area (Å²) in [5, 5.41) is 12.9. The summed E-state index contributed by atoms with van der Waals surface area (Å²) < 4.78 is 16.8. The molecule has 0 atom stereocenters. The van der Waals surface area contributed by atoms with Gasteiger partial charge in [-0.3, -0.25) is 4.79 Å². The lowest BCUT2D eigenvalue weighted by Gasteiger charge is -2.11. The highest BCUT2D eigenvalue weighted by molar-refractivity contribution is 5.95. The molecule has 0 spiro atoms. The van der Waals surface area contributed by atoms with E-state index in [0.29, 0.717) is 35.8 Å². The number of nitrogens with one attached hydrogen (secondary N) is 1. The minimum absolute atomic E-state index is 0.317. The highest BCUT2D eigenvalue weighted by Crippen LogP contribution is 2.28. The lowest BCUT2D eigenvalue weighted by atomic mass is 10.1. The van der Waals surface area contributed by atoms with Crippen LogP contribution in [0.3, 0.4) is 0 Å². The number of benzene rings is 3. The zero-order chi connectivity index (χ0) is 23.5. The Morgan fingerprint density at radius 1 is 1.03 bits per heavy atom. The van der Waals surface area contributed by atoms with E-state index in [0.717, 1.165) is 23.3 Å². The molecule has 0 bridgehead atoms. The van der Waals surface area contributed by atoms with Crippen molar-refractivity contribution in [2.24, 2.45) is 5.10 Å². The van der Waals surface area contributed by atoms with Gasteiger partial charge < -0.3 is 14.2 Å². The van der Waals surface area contributed by atoms with Crippen LogP contribution in [0.1, 0.15) is 40.4 Å². The zero-order valence-electron chi connectivity index (χ0n) is 18.6. The maximum Gasteiger partial charge on any atom is 0.271 e. The maximum absolute atomic E-state index is 12.3. The van der Waals surface area contributed by atoms with Crippen LogP contribution >= 0.6 is 0 Å². The SMILES string of the molecule is CCCOc1ccc(C(=O)N/N=C\c2ccc(OCc3ccc(C#N)cc3)c(OC)c2)cc1. The van der Waals surface area contributed by atoms with Gasteiger partial charge in [0.2, 0.25) is 0 Å². The lowest BCUT2D eigenvalue weighted by molar-refractivity contribution is 0.0955. The average molecular weight is 444 g/mol. The van der Waals surface area contributed by atoms with Crippen molar-refractivity contribution in [2.45, 2.75) is 20.0 Å². The fraction of sp³-hybridized carbons (Fsp3) is 0.192. The topological polar surface area (TPSA) is 92.9 Å². The summed E-state index contributed by atoms with van der Waals surface area (Å²) in [4.78, 5) is 12.3. The number of hydrogen-bond donors (Lipinski definition) is 1. The molecule has 0 aromatic heterocycles. The summed E-state index contributed by atoms with van der Waals surface area (Å²) in [6, 6.07) is 21.5. The molecule has 7 nitrogen and oxygen atoms in total. The summed E-state index contributed by atoms with van der Waals surface area (Å²) in [6.07, 6.45) is 2.45. The standard InChI is InChI=1S/C26H25N3O4/c1-3-14-32-23-11-9-22(10-12-23)26(30)29-28-17-21-8-13-24(25(15-21)31-2)33-18-20-6-4-19(16-27)5-7-20/h4-13,15,17H,3,14,18H2,1-2H3,(H,29,30)/b28-17-. The predicted octanol–water partition coefficient (Wildman–Crippen LogP) is 4.70. The van der Waals surface area contributed by atoms with Gasteiger partial charge in [-0.25, -0.2) is 5.43 Å². The molecule has 0 aliphatic heterocycles. The molecule has 33 heavy (non-hydrogen) atoms. The second-order valence-corrected chi connectivity index (χ2v) is 7.08. The second-order valence-electron chi connectivity index (χ2n) is 7.08. The summed E-state index contributed by atoms with van der Waals surface area (Å²) in [6.45, 7) is 3.01. The van der Waals surface area contributed by atoms with Gasteiger partial charge in [0.1, 0.15) is 12.4 Å². The van der Waals surface area contributed by atoms with Crippen molar-refractivity contribution in [3.8, 4) is 23.3 Å². The molecule has 0 unspecified atom stereocenters. The number of carbonyl (C=O) groups excluding carboxylic acids is 1. The Labute approximate surface area is 193 Å². The number of carbonyl (C=O) groups is 1. The van der Waals surface area contributed by atoms with Gasteiger partial charge in [-0.1, -0.05) is 19.1 Å². The lowest BCUT2D eigenvalue weighted by Crippen LogP contribution is -2.17. The van der Waals surface area contributed by atoms with Crippen LogP contribution in [-0.2, 0) is 6.61 Å². The number of hydrazone groups is 1. The van der Waals surface area contributed by atoms with E-state index >= 15 is 0 Å². The number of hydrogen-bond acceptors (Lipinski definition) is 6. The largest absolute Gasteiger partial charge is 0.494 e. The third kappa shape index (κ3) is 6.84. The van der Waals surface area contributed by atoms with Gasteiger partial charge in [-0.15, -0.1) is 0 Å². The predicted molar refractivity (Wildman–Crippen MR) is 126 cm³/mol. The normalized spacial score (nSPS) is 10.5. The van der Waals surface area contributed by atoms with Crippen molar-refractivity contribution in [3.63, 3.8) is 0 Å². The smallest absolute Gasteiger partial charge is 0.271 e. The van der Waals surface area contributed by atoms with E-state index in [-0.39, 0.29) is 5.91 Å². The number of ether oxygens (including phenoxy) is 3. The van der Waals surface area contributed by atoms with Crippen LogP contribution in [0.5, 0.6) is 17.2 Å². The molecule has 0 heterocycles. The molecule has 1 N–H and O–H groups in total. The van der Waals surface area contributed by atoms with Crippen LogP contribution in [0.25, 0.3) is 0 Å². The first-order valence-corrected chi connectivity index (χ1v) is 10.5. The molecule has 0 saturated heterocycles. The Kier molecular flexibility index (Phi) is 8.43. The van der Waals surface area contributed by atoms with E-state index in [1.807, 2.05) is 25.1 Å². The van der Waals surface area contributed by atoms with Crippen molar-refractivity contribution in [1.29, 1.82) is 5.26 Å². The summed E-state index contributed by atoms with van der Waals surface area (Å²) in [5.74, 6) is 1.53. The van der Waals surface area contributed by atoms with E-state index in [1.165, 1.54) is 6.21 Å². The average Bonchev–Trinajstić information content (AvgIpc) is 2.87. The molecule has 0 aliphatic carbocycles. The van der Waals surface area contributed by atoms with Crippen LogP contribution < -0.4 is 19.6 Å². The molecule has 0 radical (unpaired) electrons. The first kappa shape index (κ1) is 23.4. The zero-order valence-corrected chi connectivity index (χ0v) is 18.6. The minimum atomic E-state index is -0.317. The van der Waals surface area contributed by atoms with Gasteiger partial charge >= 0.3 is 0 Å². The molecular weight excluding hydrogens is 418 g/mol. The Morgan fingerprint density at radius 3 is 2.45 bits per heavy atom. The molecule has 3 aromatic rings. The first-order chi connectivity index (χ1) is 16.1. The van der Waals surface area contributed by atoms with Gasteiger partial charge in [0.05, 0.1) is 31.6 Å². The highest BCUT2D eigenvalue weighted by atomic mass is 16.5. The number of rotatable bonds is 10. The van der Waals surface area contributed by atoms with Gasteiger partial charge in [0.15, 0.2) is 11.5 Å². The summed E-state index contributed by atoms with van der Waals surface area (Å²) >= 11 is 0. The van der Waals surface area contributed by atoms with Crippen molar-refractivity contribution >= 4 is 12.1 Å². The van der Waals surface area contributed by atoms with Crippen LogP contribution in [0.2, 0.25) is 0 Å². The monoisotopic (exact) mass is 443 g/mol. The minimum Gasteiger partial charge on any atom is -0.494 e. The molecule has 0 fully saturated rings. The van der Waals surface area contributed by atoms with Gasteiger partial charge in [-0.2, -0.15) is 10.4 Å². The quantitative estimate of drug-likeness (QED) is 0.362. The Bertz CT molecular complexity index is 1130. The molecule has 0 saturated carbocycles. The Morgan fingerprint density at radius 2 is 1.79 bits per heavy atom. The van der Waals surface area contributed by atoms with Gasteiger partial charge in [0, 0.05) is 5.56 Å². The fourth-order valence-electron chi connectivity index (χ4n) is 2.87. The molecular formula is C26H25N3O4. The van der Waals surface area contributed by atoms with E-state index in [2.05, 4.69) is 16.6 Å². The van der Waals surface area contributed by atoms with Gasteiger partial charge in [-0.05, 0) is 72.1 Å². The number of amides is 1. The fourth-order valence-corrected chi connectivity index (χ4v) is 2.87. The molecule has 7 heteroatoms. The van der Waals surface area contributed by atoms with Crippen LogP contribution in [0, 0.1) is 11.3 Å². The van der Waals surface area contributed by atoms with Crippen molar-refractivity contribution in [2.75, 3.05) is 13.7 Å². The molecule has 0 aliphatic rings. The van der Waals surface area contributed by atoms with Crippen molar-refractivity contribution < 1.29 is 19.0 Å². The highest BCUT2D eigenvalue weighted by Gasteiger charge is 2.07. The summed E-state index contributed by atoms with van der Waals surface area (Å²) in [5.41, 5.74) is 5.28. The van der Waals surface area contributed by atoms with E-state index in [9.17, 15) is 4.79 Å². The summed E-state index contributed by atoms with van der Waals surface area (Å²) in [7, 11) is 1.56. The van der Waals surface area contributed by atoms with Crippen LogP contribution in [-0.4, -0.2) is 25.8 Å². The Hall–Kier alpha value is -4.31. The van der Waals surface area contributed by atoms with Crippen LogP contribution in [0.4, 0.5) is 0 Å². The van der Waals surface area contributed by atoms with E-state index < -0.39 is 0 Å². The van der Waals surface area contributed by atoms with E-state index in [4.69, 9.17) is 19.5 Å². The molecule has 3 rings (SSSR count). The third-order valence-electron chi connectivity index (χ3n) is 4.63. The second kappa shape index (κ2) is 11.9. The van der Waals surface area contributed by atoms with E-state index in [1.54, 1.807) is 55.6 Å². The van der Waals surface area contributed by atoms with Crippen molar-refractivity contribution in [3.05, 3.63) is 89.0 Å².